The molecule has 5 nitrogen and oxygen atoms in total. The summed E-state index contributed by atoms with van der Waals surface area (Å²) in [5.74, 6) is -0.224. The van der Waals surface area contributed by atoms with Crippen molar-refractivity contribution < 1.29 is 4.79 Å². The number of hydrogen-bond acceptors (Lipinski definition) is 5. The first kappa shape index (κ1) is 15.2. The van der Waals surface area contributed by atoms with Gasteiger partial charge in [0.05, 0.1) is 17.4 Å². The van der Waals surface area contributed by atoms with Gasteiger partial charge in [-0.2, -0.15) is 4.37 Å². The van der Waals surface area contributed by atoms with Gasteiger partial charge in [0.1, 0.15) is 10.6 Å². The number of aromatic nitrogens is 2. The summed E-state index contributed by atoms with van der Waals surface area (Å²) in [6, 6.07) is 15.2. The average molecular weight is 324 g/mol. The van der Waals surface area contributed by atoms with Crippen LogP contribution in [0.25, 0.3) is 11.4 Å². The Balaban J connectivity index is 1.80. The minimum absolute atomic E-state index is 0.108. The van der Waals surface area contributed by atoms with Crippen LogP contribution < -0.4 is 11.1 Å². The zero-order chi connectivity index (χ0) is 16.2. The van der Waals surface area contributed by atoms with Gasteiger partial charge < -0.3 is 11.1 Å². The Bertz CT molecular complexity index is 802. The van der Waals surface area contributed by atoms with Crippen molar-refractivity contribution in [1.29, 1.82) is 0 Å². The number of nitrogen functional groups attached to an aromatic ring is 1. The van der Waals surface area contributed by atoms with Crippen molar-refractivity contribution in [2.75, 3.05) is 5.73 Å². The van der Waals surface area contributed by atoms with E-state index in [2.05, 4.69) is 14.7 Å². The molecule has 0 aliphatic heterocycles. The van der Waals surface area contributed by atoms with Gasteiger partial charge in [-0.1, -0.05) is 36.4 Å². The Morgan fingerprint density at radius 2 is 1.91 bits per heavy atom. The lowest BCUT2D eigenvalue weighted by Gasteiger charge is -2.13. The maximum Gasteiger partial charge on any atom is 0.265 e. The van der Waals surface area contributed by atoms with Crippen molar-refractivity contribution in [3.63, 3.8) is 0 Å². The topological polar surface area (TPSA) is 80.9 Å². The van der Waals surface area contributed by atoms with Gasteiger partial charge in [0, 0.05) is 6.20 Å². The highest BCUT2D eigenvalue weighted by Crippen LogP contribution is 2.29. The number of amides is 1. The summed E-state index contributed by atoms with van der Waals surface area (Å²) in [6.45, 7) is 1.93. The molecule has 0 spiro atoms. The molecule has 1 amide bonds. The van der Waals surface area contributed by atoms with E-state index >= 15 is 0 Å². The summed E-state index contributed by atoms with van der Waals surface area (Å²) in [7, 11) is 0. The first-order valence-electron chi connectivity index (χ1n) is 7.19. The number of carbonyl (C=O) groups is 1. The molecule has 1 aromatic carbocycles. The van der Waals surface area contributed by atoms with Crippen molar-refractivity contribution >= 4 is 23.1 Å². The Labute approximate surface area is 138 Å². The Morgan fingerprint density at radius 1 is 1.17 bits per heavy atom. The molecule has 23 heavy (non-hydrogen) atoms. The molecule has 1 atom stereocenters. The van der Waals surface area contributed by atoms with Crippen LogP contribution in [0.4, 0.5) is 5.69 Å². The van der Waals surface area contributed by atoms with Gasteiger partial charge in [0.15, 0.2) is 0 Å². The van der Waals surface area contributed by atoms with E-state index in [1.54, 1.807) is 6.20 Å². The van der Waals surface area contributed by atoms with Gasteiger partial charge in [-0.15, -0.1) is 0 Å². The quantitative estimate of drug-likeness (QED) is 0.772. The van der Waals surface area contributed by atoms with E-state index in [9.17, 15) is 4.79 Å². The number of pyridine rings is 1. The maximum atomic E-state index is 12.5. The van der Waals surface area contributed by atoms with Crippen molar-refractivity contribution in [2.45, 2.75) is 13.0 Å². The van der Waals surface area contributed by atoms with Gasteiger partial charge in [0.25, 0.3) is 5.91 Å². The monoisotopic (exact) mass is 324 g/mol. The van der Waals surface area contributed by atoms with Crippen molar-refractivity contribution in [3.8, 4) is 11.4 Å². The summed E-state index contributed by atoms with van der Waals surface area (Å²) >= 11 is 1.09. The molecule has 0 bridgehead atoms. The predicted octanol–water partition coefficient (Wildman–Crippen LogP) is 3.28. The fraction of sp³-hybridized carbons (Fsp3) is 0.118. The molecule has 3 rings (SSSR count). The van der Waals surface area contributed by atoms with E-state index in [1.165, 1.54) is 0 Å². The number of carbonyl (C=O) groups excluding carboxylic acids is 1. The fourth-order valence-electron chi connectivity index (χ4n) is 2.24. The van der Waals surface area contributed by atoms with Gasteiger partial charge in [0.2, 0.25) is 0 Å². The summed E-state index contributed by atoms with van der Waals surface area (Å²) in [6.07, 6.45) is 1.67. The molecule has 3 aromatic rings. The Hall–Kier alpha value is -2.73. The van der Waals surface area contributed by atoms with Crippen molar-refractivity contribution in [1.82, 2.24) is 14.7 Å². The molecule has 116 valence electrons. The molecule has 0 unspecified atom stereocenters. The standard InChI is InChI=1S/C17H16N4OS/c1-11(12-7-3-2-4-8-12)20-17(22)16-14(18)15(21-23-16)13-9-5-6-10-19-13/h2-11H,18H2,1H3,(H,20,22)/t11-/m1/s1. The van der Waals surface area contributed by atoms with Crippen LogP contribution in [-0.4, -0.2) is 15.3 Å². The van der Waals surface area contributed by atoms with Crippen LogP contribution in [0.3, 0.4) is 0 Å². The lowest BCUT2D eigenvalue weighted by Crippen LogP contribution is -2.26. The summed E-state index contributed by atoms with van der Waals surface area (Å²) in [4.78, 5) is 17.1. The zero-order valence-corrected chi connectivity index (χ0v) is 13.4. The van der Waals surface area contributed by atoms with Crippen LogP contribution in [-0.2, 0) is 0 Å². The van der Waals surface area contributed by atoms with E-state index in [-0.39, 0.29) is 11.9 Å². The van der Waals surface area contributed by atoms with Gasteiger partial charge in [-0.3, -0.25) is 9.78 Å². The van der Waals surface area contributed by atoms with Crippen LogP contribution in [0.2, 0.25) is 0 Å². The SMILES string of the molecule is C[C@@H](NC(=O)c1snc(-c2ccccn2)c1N)c1ccccc1. The normalized spacial score (nSPS) is 11.9. The molecule has 0 aliphatic carbocycles. The lowest BCUT2D eigenvalue weighted by molar-refractivity contribution is 0.0945. The number of anilines is 1. The highest BCUT2D eigenvalue weighted by molar-refractivity contribution is 7.09. The summed E-state index contributed by atoms with van der Waals surface area (Å²) in [5, 5.41) is 2.95. The van der Waals surface area contributed by atoms with Gasteiger partial charge >= 0.3 is 0 Å². The smallest absolute Gasteiger partial charge is 0.265 e. The Morgan fingerprint density at radius 3 is 2.61 bits per heavy atom. The number of hydrogen-bond donors (Lipinski definition) is 2. The zero-order valence-electron chi connectivity index (χ0n) is 12.6. The number of nitrogens with zero attached hydrogens (tertiary/aromatic N) is 2. The second-order valence-electron chi connectivity index (χ2n) is 5.09. The third kappa shape index (κ3) is 3.22. The number of nitrogens with two attached hydrogens (primary N) is 1. The second-order valence-corrected chi connectivity index (χ2v) is 5.87. The third-order valence-corrected chi connectivity index (χ3v) is 4.35. The highest BCUT2D eigenvalue weighted by atomic mass is 32.1. The first-order chi connectivity index (χ1) is 11.2. The van der Waals surface area contributed by atoms with E-state index in [0.717, 1.165) is 17.1 Å². The number of rotatable bonds is 4. The van der Waals surface area contributed by atoms with E-state index in [0.29, 0.717) is 22.0 Å². The molecule has 2 heterocycles. The second kappa shape index (κ2) is 6.58. The molecule has 0 saturated heterocycles. The van der Waals surface area contributed by atoms with Crippen molar-refractivity contribution in [2.24, 2.45) is 0 Å². The third-order valence-electron chi connectivity index (χ3n) is 3.49. The van der Waals surface area contributed by atoms with E-state index < -0.39 is 0 Å². The molecule has 2 aromatic heterocycles. The Kier molecular flexibility index (Phi) is 4.34. The van der Waals surface area contributed by atoms with Gasteiger partial charge in [-0.25, -0.2) is 0 Å². The minimum atomic E-state index is -0.224. The molecular formula is C17H16N4OS. The molecular weight excluding hydrogens is 308 g/mol. The highest BCUT2D eigenvalue weighted by Gasteiger charge is 2.20. The fourth-order valence-corrected chi connectivity index (χ4v) is 2.95. The molecule has 3 N–H and O–H groups in total. The molecule has 6 heteroatoms. The van der Waals surface area contributed by atoms with Crippen LogP contribution in [0.15, 0.2) is 54.7 Å². The summed E-state index contributed by atoms with van der Waals surface area (Å²) < 4.78 is 4.28. The van der Waals surface area contributed by atoms with Crippen LogP contribution >= 0.6 is 11.5 Å². The molecule has 0 saturated carbocycles. The van der Waals surface area contributed by atoms with E-state index in [4.69, 9.17) is 5.73 Å². The molecule has 0 fully saturated rings. The lowest BCUT2D eigenvalue weighted by atomic mass is 10.1. The van der Waals surface area contributed by atoms with Crippen molar-refractivity contribution in [3.05, 3.63) is 65.2 Å². The van der Waals surface area contributed by atoms with Crippen LogP contribution in [0.5, 0.6) is 0 Å². The van der Waals surface area contributed by atoms with E-state index in [1.807, 2.05) is 55.5 Å². The van der Waals surface area contributed by atoms with Gasteiger partial charge in [-0.05, 0) is 36.2 Å². The number of nitrogens with one attached hydrogen (secondary N) is 1. The first-order valence-corrected chi connectivity index (χ1v) is 7.96. The molecule has 0 aliphatic rings. The largest absolute Gasteiger partial charge is 0.396 e. The minimum Gasteiger partial charge on any atom is -0.396 e. The maximum absolute atomic E-state index is 12.5. The predicted molar refractivity (Wildman–Crippen MR) is 92.1 cm³/mol. The van der Waals surface area contributed by atoms with Crippen LogP contribution in [0.1, 0.15) is 28.2 Å². The average Bonchev–Trinajstić information content (AvgIpc) is 2.98. The number of benzene rings is 1. The summed E-state index contributed by atoms with van der Waals surface area (Å²) in [5.41, 5.74) is 8.71. The molecule has 0 radical (unpaired) electrons. The van der Waals surface area contributed by atoms with Crippen LogP contribution in [0, 0.1) is 0 Å².